The molecule has 1 aliphatic rings. The molecular formula is C31H23F7N2O3S. The highest BCUT2D eigenvalue weighted by atomic mass is 32.2. The number of thioether (sulfide) groups is 1. The van der Waals surface area contributed by atoms with Crippen LogP contribution in [0.4, 0.5) is 30.7 Å². The molecule has 1 aromatic heterocycles. The zero-order valence-corrected chi connectivity index (χ0v) is 24.2. The largest absolute Gasteiger partial charge is 0.494 e. The van der Waals surface area contributed by atoms with E-state index in [2.05, 4.69) is 5.16 Å². The van der Waals surface area contributed by atoms with Crippen LogP contribution in [0.25, 0.3) is 11.1 Å². The first-order valence-electron chi connectivity index (χ1n) is 13.0. The molecule has 0 fully saturated rings. The zero-order chi connectivity index (χ0) is 31.9. The quantitative estimate of drug-likeness (QED) is 0.119. The molecule has 5 nitrogen and oxygen atoms in total. The summed E-state index contributed by atoms with van der Waals surface area (Å²) in [7, 11) is 2.42. The molecule has 0 N–H and O–H groups in total. The van der Waals surface area contributed by atoms with Gasteiger partial charge in [-0.3, -0.25) is 9.36 Å². The van der Waals surface area contributed by atoms with Crippen LogP contribution in [-0.2, 0) is 17.4 Å². The first-order valence-corrected chi connectivity index (χ1v) is 14.0. The predicted octanol–water partition coefficient (Wildman–Crippen LogP) is 7.70. The van der Waals surface area contributed by atoms with Gasteiger partial charge in [-0.05, 0) is 48.4 Å². The zero-order valence-electron chi connectivity index (χ0n) is 23.4. The molecule has 0 radical (unpaired) electrons. The van der Waals surface area contributed by atoms with Gasteiger partial charge in [0.15, 0.2) is 11.6 Å². The fourth-order valence-corrected chi connectivity index (χ4v) is 6.75. The number of hydrogen-bond acceptors (Lipinski definition) is 5. The Kier molecular flexibility index (Phi) is 8.52. The van der Waals surface area contributed by atoms with Crippen LogP contribution in [0, 0.1) is 30.2 Å². The lowest BCUT2D eigenvalue weighted by molar-refractivity contribution is -0.138. The molecule has 4 aromatic rings. The Balaban J connectivity index is 1.83. The van der Waals surface area contributed by atoms with Gasteiger partial charge in [0.25, 0.3) is 5.56 Å². The maximum absolute atomic E-state index is 15.6. The first kappa shape index (κ1) is 31.2. The van der Waals surface area contributed by atoms with Gasteiger partial charge >= 0.3 is 6.18 Å². The summed E-state index contributed by atoms with van der Waals surface area (Å²) in [5.74, 6) is -4.02. The normalized spacial score (nSPS) is 15.0. The SMILES string of the molecule is CON=C(c1cc(F)cc(F)c1)C1CSc2c(Cc3c(F)cccc3C(F)(F)F)c(C)c(-c3cccc(OC)c3F)c(=O)n21. The van der Waals surface area contributed by atoms with E-state index in [9.17, 15) is 26.7 Å². The lowest BCUT2D eigenvalue weighted by Crippen LogP contribution is -2.32. The van der Waals surface area contributed by atoms with Crippen LogP contribution in [0.2, 0.25) is 0 Å². The van der Waals surface area contributed by atoms with Gasteiger partial charge in [-0.1, -0.05) is 23.4 Å². The molecule has 5 rings (SSSR count). The molecule has 0 amide bonds. The Morgan fingerprint density at radius 3 is 2.32 bits per heavy atom. The minimum absolute atomic E-state index is 0.0372. The number of aromatic nitrogens is 1. The fourth-order valence-electron chi connectivity index (χ4n) is 5.38. The molecule has 3 aromatic carbocycles. The van der Waals surface area contributed by atoms with E-state index in [0.29, 0.717) is 6.07 Å². The average Bonchev–Trinajstić information content (AvgIpc) is 3.39. The molecule has 0 spiro atoms. The maximum Gasteiger partial charge on any atom is 0.416 e. The number of nitrogens with zero attached hydrogens (tertiary/aromatic N) is 2. The second-order valence-corrected chi connectivity index (χ2v) is 10.9. The Bertz CT molecular complexity index is 1830. The van der Waals surface area contributed by atoms with Crippen molar-refractivity contribution in [3.05, 3.63) is 116 Å². The minimum Gasteiger partial charge on any atom is -0.494 e. The Hall–Kier alpha value is -4.26. The number of rotatable bonds is 7. The van der Waals surface area contributed by atoms with Crippen molar-refractivity contribution < 1.29 is 40.3 Å². The van der Waals surface area contributed by atoms with Gasteiger partial charge in [0, 0.05) is 34.9 Å². The molecule has 0 saturated heterocycles. The molecule has 1 atom stereocenters. The molecule has 13 heteroatoms. The van der Waals surface area contributed by atoms with Crippen molar-refractivity contribution in [2.45, 2.75) is 30.6 Å². The first-order chi connectivity index (χ1) is 20.9. The number of halogens is 7. The van der Waals surface area contributed by atoms with Gasteiger partial charge in [0.05, 0.1) is 29.3 Å². The molecule has 0 bridgehead atoms. The third kappa shape index (κ3) is 5.56. The van der Waals surface area contributed by atoms with Crippen molar-refractivity contribution in [1.29, 1.82) is 0 Å². The van der Waals surface area contributed by atoms with Crippen molar-refractivity contribution >= 4 is 17.5 Å². The number of hydrogen-bond donors (Lipinski definition) is 0. The number of benzene rings is 3. The van der Waals surface area contributed by atoms with E-state index in [4.69, 9.17) is 9.57 Å². The monoisotopic (exact) mass is 636 g/mol. The van der Waals surface area contributed by atoms with E-state index in [-0.39, 0.29) is 50.1 Å². The molecule has 0 saturated carbocycles. The van der Waals surface area contributed by atoms with E-state index in [0.717, 1.165) is 42.1 Å². The van der Waals surface area contributed by atoms with Crippen LogP contribution >= 0.6 is 11.8 Å². The van der Waals surface area contributed by atoms with Gasteiger partial charge in [-0.25, -0.2) is 17.6 Å². The summed E-state index contributed by atoms with van der Waals surface area (Å²) in [6.45, 7) is 1.44. The fraction of sp³-hybridized carbons (Fsp3) is 0.226. The maximum atomic E-state index is 15.6. The Labute approximate surface area is 250 Å². The molecule has 1 unspecified atom stereocenters. The van der Waals surface area contributed by atoms with E-state index in [1.807, 2.05) is 0 Å². The van der Waals surface area contributed by atoms with E-state index in [1.165, 1.54) is 43.9 Å². The number of oxime groups is 1. The van der Waals surface area contributed by atoms with Crippen LogP contribution < -0.4 is 10.3 Å². The smallest absolute Gasteiger partial charge is 0.416 e. The van der Waals surface area contributed by atoms with E-state index in [1.54, 1.807) is 0 Å². The topological polar surface area (TPSA) is 52.8 Å². The lowest BCUT2D eigenvalue weighted by Gasteiger charge is -2.22. The van der Waals surface area contributed by atoms with Crippen molar-refractivity contribution in [2.24, 2.45) is 5.16 Å². The Morgan fingerprint density at radius 2 is 1.68 bits per heavy atom. The molecule has 2 heterocycles. The second-order valence-electron chi connectivity index (χ2n) is 9.87. The van der Waals surface area contributed by atoms with Crippen LogP contribution in [-0.4, -0.2) is 30.3 Å². The summed E-state index contributed by atoms with van der Waals surface area (Å²) in [6.07, 6.45) is -5.50. The lowest BCUT2D eigenvalue weighted by atomic mass is 9.92. The van der Waals surface area contributed by atoms with Crippen LogP contribution in [0.3, 0.4) is 0 Å². The van der Waals surface area contributed by atoms with Crippen molar-refractivity contribution in [2.75, 3.05) is 20.0 Å². The Morgan fingerprint density at radius 1 is 1.00 bits per heavy atom. The highest BCUT2D eigenvalue weighted by Crippen LogP contribution is 2.43. The molecule has 1 aliphatic heterocycles. The number of pyridine rings is 1. The molecule has 44 heavy (non-hydrogen) atoms. The van der Waals surface area contributed by atoms with Crippen LogP contribution in [0.1, 0.15) is 33.9 Å². The molecule has 0 aliphatic carbocycles. The van der Waals surface area contributed by atoms with Gasteiger partial charge < -0.3 is 9.57 Å². The second kappa shape index (κ2) is 12.0. The third-order valence-electron chi connectivity index (χ3n) is 7.32. The van der Waals surface area contributed by atoms with Gasteiger partial charge in [-0.15, -0.1) is 11.8 Å². The van der Waals surface area contributed by atoms with E-state index < -0.39 is 58.6 Å². The van der Waals surface area contributed by atoms with Gasteiger partial charge in [0.1, 0.15) is 30.3 Å². The van der Waals surface area contributed by atoms with Crippen LogP contribution in [0.5, 0.6) is 5.75 Å². The highest BCUT2D eigenvalue weighted by molar-refractivity contribution is 7.99. The predicted molar refractivity (Wildman–Crippen MR) is 151 cm³/mol. The summed E-state index contributed by atoms with van der Waals surface area (Å²) in [5, 5.41) is 4.12. The molecular weight excluding hydrogens is 613 g/mol. The van der Waals surface area contributed by atoms with Crippen LogP contribution in [0.15, 0.2) is 69.6 Å². The van der Waals surface area contributed by atoms with Gasteiger partial charge in [-0.2, -0.15) is 13.2 Å². The third-order valence-corrected chi connectivity index (χ3v) is 8.52. The minimum atomic E-state index is -4.89. The summed E-state index contributed by atoms with van der Waals surface area (Å²) in [4.78, 5) is 19.2. The average molecular weight is 637 g/mol. The number of alkyl halides is 3. The summed E-state index contributed by atoms with van der Waals surface area (Å²) in [6, 6.07) is 8.24. The standard InChI is InChI=1S/C31H23F7N2O3S/c1-15-20(13-21-22(31(36,37)38)7-5-8-23(21)34)30-40(29(41)26(15)19-6-4-9-25(42-2)27(19)35)24(14-44-30)28(39-43-3)16-10-17(32)12-18(33)11-16/h4-12,24H,13-14H2,1-3H3. The number of ether oxygens (including phenoxy) is 1. The number of methoxy groups -OCH3 is 1. The summed E-state index contributed by atoms with van der Waals surface area (Å²) < 4.78 is 107. The summed E-state index contributed by atoms with van der Waals surface area (Å²) in [5.41, 5.74) is -2.89. The summed E-state index contributed by atoms with van der Waals surface area (Å²) >= 11 is 1.06. The highest BCUT2D eigenvalue weighted by Gasteiger charge is 2.38. The van der Waals surface area contributed by atoms with Crippen molar-refractivity contribution in [3.63, 3.8) is 0 Å². The number of fused-ring (bicyclic) bond motifs is 1. The molecule has 230 valence electrons. The van der Waals surface area contributed by atoms with Gasteiger partial charge in [0.2, 0.25) is 0 Å². The van der Waals surface area contributed by atoms with Crippen molar-refractivity contribution in [3.8, 4) is 16.9 Å². The van der Waals surface area contributed by atoms with E-state index >= 15 is 8.78 Å². The van der Waals surface area contributed by atoms with Crippen molar-refractivity contribution in [1.82, 2.24) is 4.57 Å².